The summed E-state index contributed by atoms with van der Waals surface area (Å²) in [6.07, 6.45) is 4.38. The Kier molecular flexibility index (Phi) is 4.41. The summed E-state index contributed by atoms with van der Waals surface area (Å²) in [5.74, 6) is 1.89. The predicted octanol–water partition coefficient (Wildman–Crippen LogP) is 1.70. The van der Waals surface area contributed by atoms with Crippen LogP contribution in [0.5, 0.6) is 0 Å². The van der Waals surface area contributed by atoms with Crippen molar-refractivity contribution in [1.29, 1.82) is 0 Å². The SMILES string of the molecule is CN1CCN=C1NCC1(C)CCOC1C1CC1.I. The molecule has 18 heavy (non-hydrogen) atoms. The quantitative estimate of drug-likeness (QED) is 0.774. The van der Waals surface area contributed by atoms with Crippen molar-refractivity contribution < 1.29 is 4.74 Å². The number of guanidine groups is 1. The lowest BCUT2D eigenvalue weighted by molar-refractivity contribution is 0.0403. The molecular weight excluding hydrogens is 341 g/mol. The van der Waals surface area contributed by atoms with Crippen molar-refractivity contribution in [3.63, 3.8) is 0 Å². The first-order valence-corrected chi connectivity index (χ1v) is 6.80. The van der Waals surface area contributed by atoms with Crippen LogP contribution in [0.2, 0.25) is 0 Å². The van der Waals surface area contributed by atoms with Crippen molar-refractivity contribution in [2.24, 2.45) is 16.3 Å². The molecule has 104 valence electrons. The van der Waals surface area contributed by atoms with Crippen LogP contribution in [0.15, 0.2) is 4.99 Å². The van der Waals surface area contributed by atoms with E-state index in [4.69, 9.17) is 4.74 Å². The van der Waals surface area contributed by atoms with Crippen molar-refractivity contribution in [2.45, 2.75) is 32.3 Å². The summed E-state index contributed by atoms with van der Waals surface area (Å²) < 4.78 is 5.94. The van der Waals surface area contributed by atoms with Gasteiger partial charge < -0.3 is 15.0 Å². The van der Waals surface area contributed by atoms with E-state index >= 15 is 0 Å². The van der Waals surface area contributed by atoms with Gasteiger partial charge in [0.25, 0.3) is 0 Å². The lowest BCUT2D eigenvalue weighted by Gasteiger charge is -2.31. The smallest absolute Gasteiger partial charge is 0.193 e. The molecule has 0 spiro atoms. The molecule has 1 aliphatic carbocycles. The van der Waals surface area contributed by atoms with Gasteiger partial charge in [-0.3, -0.25) is 4.99 Å². The second-order valence-corrected chi connectivity index (χ2v) is 6.01. The minimum absolute atomic E-state index is 0. The maximum absolute atomic E-state index is 5.94. The molecular formula is C13H24IN3O. The molecule has 0 aromatic heterocycles. The van der Waals surface area contributed by atoms with Gasteiger partial charge in [-0.1, -0.05) is 6.92 Å². The van der Waals surface area contributed by atoms with E-state index in [9.17, 15) is 0 Å². The molecule has 2 heterocycles. The standard InChI is InChI=1S/C13H23N3O.HI/c1-13(5-8-17-11(13)10-3-4-10)9-15-12-14-6-7-16(12)2;/h10-11H,3-9H2,1-2H3,(H,14,15);1H. The Balaban J connectivity index is 0.00000120. The van der Waals surface area contributed by atoms with Gasteiger partial charge in [0.15, 0.2) is 5.96 Å². The maximum atomic E-state index is 5.94. The van der Waals surface area contributed by atoms with E-state index in [1.54, 1.807) is 0 Å². The lowest BCUT2D eigenvalue weighted by Crippen LogP contribution is -2.45. The van der Waals surface area contributed by atoms with Gasteiger partial charge in [-0.2, -0.15) is 0 Å². The number of hydrogen-bond acceptors (Lipinski definition) is 4. The molecule has 4 nitrogen and oxygen atoms in total. The molecule has 0 radical (unpaired) electrons. The molecule has 0 aromatic rings. The highest BCUT2D eigenvalue weighted by atomic mass is 127. The Morgan fingerprint density at radius 1 is 1.50 bits per heavy atom. The van der Waals surface area contributed by atoms with Crippen LogP contribution >= 0.6 is 24.0 Å². The third-order valence-electron chi connectivity index (χ3n) is 4.42. The summed E-state index contributed by atoms with van der Waals surface area (Å²) in [5.41, 5.74) is 0.299. The van der Waals surface area contributed by atoms with Crippen LogP contribution in [0.4, 0.5) is 0 Å². The Morgan fingerprint density at radius 2 is 2.28 bits per heavy atom. The van der Waals surface area contributed by atoms with E-state index in [0.717, 1.165) is 38.1 Å². The van der Waals surface area contributed by atoms with Crippen LogP contribution in [0.25, 0.3) is 0 Å². The predicted molar refractivity (Wildman–Crippen MR) is 83.5 cm³/mol. The summed E-state index contributed by atoms with van der Waals surface area (Å²) in [6.45, 7) is 6.27. The normalized spacial score (nSPS) is 35.3. The Morgan fingerprint density at radius 3 is 2.89 bits per heavy atom. The van der Waals surface area contributed by atoms with Gasteiger partial charge >= 0.3 is 0 Å². The van der Waals surface area contributed by atoms with Crippen molar-refractivity contribution in [3.05, 3.63) is 0 Å². The molecule has 0 bridgehead atoms. The van der Waals surface area contributed by atoms with Crippen LogP contribution in [0.1, 0.15) is 26.2 Å². The molecule has 1 N–H and O–H groups in total. The average Bonchev–Trinajstić information content (AvgIpc) is 2.95. The molecule has 2 fully saturated rings. The van der Waals surface area contributed by atoms with Crippen LogP contribution in [-0.4, -0.2) is 50.3 Å². The van der Waals surface area contributed by atoms with E-state index in [2.05, 4.69) is 29.2 Å². The summed E-state index contributed by atoms with van der Waals surface area (Å²) in [6, 6.07) is 0. The fourth-order valence-electron chi connectivity index (χ4n) is 3.06. The Hall–Kier alpha value is -0.0400. The molecule has 2 atom stereocenters. The van der Waals surface area contributed by atoms with Crippen LogP contribution in [-0.2, 0) is 4.74 Å². The zero-order valence-corrected chi connectivity index (χ0v) is 13.6. The zero-order chi connectivity index (χ0) is 11.9. The average molecular weight is 365 g/mol. The largest absolute Gasteiger partial charge is 0.377 e. The molecule has 0 aromatic carbocycles. The van der Waals surface area contributed by atoms with E-state index in [1.807, 2.05) is 0 Å². The van der Waals surface area contributed by atoms with E-state index in [0.29, 0.717) is 11.5 Å². The van der Waals surface area contributed by atoms with Crippen LogP contribution in [0, 0.1) is 11.3 Å². The van der Waals surface area contributed by atoms with Crippen LogP contribution in [0.3, 0.4) is 0 Å². The fourth-order valence-corrected chi connectivity index (χ4v) is 3.06. The number of nitrogens with zero attached hydrogens (tertiary/aromatic N) is 2. The maximum Gasteiger partial charge on any atom is 0.193 e. The Labute approximate surface area is 127 Å². The van der Waals surface area contributed by atoms with Crippen molar-refractivity contribution >= 4 is 29.9 Å². The van der Waals surface area contributed by atoms with Gasteiger partial charge in [0.2, 0.25) is 0 Å². The first-order chi connectivity index (χ1) is 8.19. The summed E-state index contributed by atoms with van der Waals surface area (Å²) in [7, 11) is 2.10. The third-order valence-corrected chi connectivity index (χ3v) is 4.42. The number of rotatable bonds is 3. The zero-order valence-electron chi connectivity index (χ0n) is 11.3. The fraction of sp³-hybridized carbons (Fsp3) is 0.923. The highest BCUT2D eigenvalue weighted by Crippen LogP contribution is 2.47. The molecule has 5 heteroatoms. The number of hydrogen-bond donors (Lipinski definition) is 1. The first-order valence-electron chi connectivity index (χ1n) is 6.80. The number of halogens is 1. The van der Waals surface area contributed by atoms with E-state index in [-0.39, 0.29) is 24.0 Å². The molecule has 1 saturated carbocycles. The second kappa shape index (κ2) is 5.53. The first kappa shape index (κ1) is 14.4. The molecule has 1 saturated heterocycles. The number of nitrogens with one attached hydrogen (secondary N) is 1. The summed E-state index contributed by atoms with van der Waals surface area (Å²) in [5, 5.41) is 3.52. The molecule has 3 aliphatic rings. The van der Waals surface area contributed by atoms with Crippen molar-refractivity contribution in [1.82, 2.24) is 10.2 Å². The van der Waals surface area contributed by atoms with E-state index < -0.39 is 0 Å². The van der Waals surface area contributed by atoms with E-state index in [1.165, 1.54) is 19.3 Å². The third kappa shape index (κ3) is 2.76. The number of likely N-dealkylation sites (N-methyl/N-ethyl adjacent to an activating group) is 1. The highest BCUT2D eigenvalue weighted by Gasteiger charge is 2.48. The number of ether oxygens (including phenoxy) is 1. The molecule has 0 amide bonds. The van der Waals surface area contributed by atoms with Crippen molar-refractivity contribution in [3.8, 4) is 0 Å². The molecule has 2 unspecified atom stereocenters. The van der Waals surface area contributed by atoms with Crippen molar-refractivity contribution in [2.75, 3.05) is 33.3 Å². The second-order valence-electron chi connectivity index (χ2n) is 6.01. The Bertz CT molecular complexity index is 332. The summed E-state index contributed by atoms with van der Waals surface area (Å²) >= 11 is 0. The van der Waals surface area contributed by atoms with Gasteiger partial charge in [0.05, 0.1) is 12.6 Å². The molecule has 3 rings (SSSR count). The topological polar surface area (TPSA) is 36.9 Å². The van der Waals surface area contributed by atoms with Gasteiger partial charge in [-0.05, 0) is 25.2 Å². The van der Waals surface area contributed by atoms with Gasteiger partial charge in [-0.15, -0.1) is 24.0 Å². The monoisotopic (exact) mass is 365 g/mol. The highest BCUT2D eigenvalue weighted by molar-refractivity contribution is 14.0. The van der Waals surface area contributed by atoms with Gasteiger partial charge in [0.1, 0.15) is 0 Å². The molecule has 2 aliphatic heterocycles. The van der Waals surface area contributed by atoms with Gasteiger partial charge in [-0.25, -0.2) is 0 Å². The minimum atomic E-state index is 0. The summed E-state index contributed by atoms with van der Waals surface area (Å²) in [4.78, 5) is 6.68. The lowest BCUT2D eigenvalue weighted by atomic mass is 9.81. The number of aliphatic imine (C=N–C) groups is 1. The van der Waals surface area contributed by atoms with Crippen LogP contribution < -0.4 is 5.32 Å². The minimum Gasteiger partial charge on any atom is -0.377 e. The van der Waals surface area contributed by atoms with Gasteiger partial charge in [0, 0.05) is 32.2 Å².